The maximum Gasteiger partial charge on any atom is 0.328 e. The summed E-state index contributed by atoms with van der Waals surface area (Å²) < 4.78 is 12.1. The Hall–Kier alpha value is -2.35. The van der Waals surface area contributed by atoms with Crippen LogP contribution in [0.2, 0.25) is 0 Å². The normalized spacial score (nSPS) is 20.0. The van der Waals surface area contributed by atoms with Gasteiger partial charge in [0, 0.05) is 44.4 Å². The van der Waals surface area contributed by atoms with Crippen molar-refractivity contribution in [3.63, 3.8) is 0 Å². The SMILES string of the molecule is CCCN1CCc2c(C(=O)N3CCCC[C@H]3C(=O)OC)c(OC)cc(=O)n2CC1. The number of carbonyl (C=O) groups excluding carboxylic acids is 2. The molecule has 29 heavy (non-hydrogen) atoms. The van der Waals surface area contributed by atoms with Gasteiger partial charge in [-0.2, -0.15) is 0 Å². The van der Waals surface area contributed by atoms with E-state index in [2.05, 4.69) is 11.8 Å². The second kappa shape index (κ2) is 9.43. The molecule has 1 atom stereocenters. The molecule has 8 nitrogen and oxygen atoms in total. The number of piperidine rings is 1. The van der Waals surface area contributed by atoms with Crippen molar-refractivity contribution in [2.45, 2.75) is 51.6 Å². The van der Waals surface area contributed by atoms with Gasteiger partial charge in [-0.25, -0.2) is 4.79 Å². The van der Waals surface area contributed by atoms with Crippen LogP contribution in [0.25, 0.3) is 0 Å². The molecule has 160 valence electrons. The van der Waals surface area contributed by atoms with Crippen LogP contribution in [0.1, 0.15) is 48.7 Å². The first-order valence-electron chi connectivity index (χ1n) is 10.4. The van der Waals surface area contributed by atoms with Crippen LogP contribution in [-0.4, -0.2) is 72.7 Å². The molecule has 2 aliphatic rings. The van der Waals surface area contributed by atoms with E-state index in [1.54, 1.807) is 9.47 Å². The van der Waals surface area contributed by atoms with Gasteiger partial charge in [-0.3, -0.25) is 9.59 Å². The third-order valence-corrected chi connectivity index (χ3v) is 5.90. The standard InChI is InChI=1S/C21H31N3O5/c1-4-9-22-11-8-15-19(17(28-2)14-18(25)23(15)13-12-22)20(26)24-10-6-5-7-16(24)21(27)29-3/h14,16H,4-13H2,1-3H3/t16-/m0/s1. The number of hydrogen-bond acceptors (Lipinski definition) is 6. The molecule has 1 saturated heterocycles. The Morgan fingerprint density at radius 2 is 1.93 bits per heavy atom. The molecule has 0 spiro atoms. The van der Waals surface area contributed by atoms with Crippen LogP contribution < -0.4 is 10.3 Å². The number of amides is 1. The number of likely N-dealkylation sites (tertiary alicyclic amines) is 1. The summed E-state index contributed by atoms with van der Waals surface area (Å²) in [5.74, 6) is -0.376. The fraction of sp³-hybridized carbons (Fsp3) is 0.667. The molecule has 3 heterocycles. The minimum Gasteiger partial charge on any atom is -0.496 e. The van der Waals surface area contributed by atoms with Crippen LogP contribution in [0.15, 0.2) is 10.9 Å². The lowest BCUT2D eigenvalue weighted by atomic mass is 9.99. The molecule has 3 rings (SSSR count). The summed E-state index contributed by atoms with van der Waals surface area (Å²) in [5.41, 5.74) is 0.948. The smallest absolute Gasteiger partial charge is 0.328 e. The van der Waals surface area contributed by atoms with Gasteiger partial charge in [-0.1, -0.05) is 6.92 Å². The summed E-state index contributed by atoms with van der Waals surface area (Å²) in [6.45, 7) is 5.67. The van der Waals surface area contributed by atoms with Crippen molar-refractivity contribution in [2.24, 2.45) is 0 Å². The molecule has 0 N–H and O–H groups in total. The van der Waals surface area contributed by atoms with E-state index >= 15 is 0 Å². The first-order valence-corrected chi connectivity index (χ1v) is 10.4. The highest BCUT2D eigenvalue weighted by Crippen LogP contribution is 2.28. The molecule has 0 radical (unpaired) electrons. The average Bonchev–Trinajstić information content (AvgIpc) is 2.96. The van der Waals surface area contributed by atoms with Gasteiger partial charge in [-0.15, -0.1) is 0 Å². The number of fused-ring (bicyclic) bond motifs is 1. The van der Waals surface area contributed by atoms with E-state index in [1.165, 1.54) is 20.3 Å². The molecule has 0 saturated carbocycles. The van der Waals surface area contributed by atoms with E-state index in [4.69, 9.17) is 9.47 Å². The molecule has 0 aliphatic carbocycles. The Labute approximate surface area is 171 Å². The number of aromatic nitrogens is 1. The van der Waals surface area contributed by atoms with E-state index in [9.17, 15) is 14.4 Å². The summed E-state index contributed by atoms with van der Waals surface area (Å²) in [7, 11) is 2.81. The predicted octanol–water partition coefficient (Wildman–Crippen LogP) is 1.29. The van der Waals surface area contributed by atoms with Gasteiger partial charge in [0.2, 0.25) is 0 Å². The van der Waals surface area contributed by atoms with Crippen molar-refractivity contribution >= 4 is 11.9 Å². The van der Waals surface area contributed by atoms with Gasteiger partial charge >= 0.3 is 5.97 Å². The predicted molar refractivity (Wildman–Crippen MR) is 108 cm³/mol. The summed E-state index contributed by atoms with van der Waals surface area (Å²) in [6, 6.07) is 0.796. The lowest BCUT2D eigenvalue weighted by Gasteiger charge is -2.34. The Morgan fingerprint density at radius 1 is 1.14 bits per heavy atom. The zero-order chi connectivity index (χ0) is 21.0. The van der Waals surface area contributed by atoms with E-state index in [-0.39, 0.29) is 17.2 Å². The van der Waals surface area contributed by atoms with E-state index < -0.39 is 12.0 Å². The molecule has 1 aromatic heterocycles. The highest BCUT2D eigenvalue weighted by Gasteiger charge is 2.36. The van der Waals surface area contributed by atoms with Crippen LogP contribution in [0, 0.1) is 0 Å². The van der Waals surface area contributed by atoms with Crippen LogP contribution in [0.5, 0.6) is 5.75 Å². The molecule has 8 heteroatoms. The lowest BCUT2D eigenvalue weighted by molar-refractivity contribution is -0.147. The van der Waals surface area contributed by atoms with Crippen molar-refractivity contribution in [3.8, 4) is 5.75 Å². The number of esters is 1. The molecular formula is C21H31N3O5. The van der Waals surface area contributed by atoms with Gasteiger partial charge < -0.3 is 23.8 Å². The largest absolute Gasteiger partial charge is 0.496 e. The van der Waals surface area contributed by atoms with E-state index in [1.807, 2.05) is 0 Å². The quantitative estimate of drug-likeness (QED) is 0.687. The topological polar surface area (TPSA) is 81.1 Å². The highest BCUT2D eigenvalue weighted by molar-refractivity contribution is 6.00. The molecule has 0 unspecified atom stereocenters. The fourth-order valence-electron chi connectivity index (χ4n) is 4.42. The second-order valence-corrected chi connectivity index (χ2v) is 7.65. The number of carbonyl (C=O) groups is 2. The minimum absolute atomic E-state index is 0.157. The number of nitrogens with zero attached hydrogens (tertiary/aromatic N) is 3. The van der Waals surface area contributed by atoms with Crippen molar-refractivity contribution in [2.75, 3.05) is 40.4 Å². The van der Waals surface area contributed by atoms with Gasteiger partial charge in [0.05, 0.1) is 14.2 Å². The monoisotopic (exact) mass is 405 g/mol. The minimum atomic E-state index is -0.596. The Morgan fingerprint density at radius 3 is 2.62 bits per heavy atom. The molecule has 0 aromatic carbocycles. The molecule has 1 aromatic rings. The van der Waals surface area contributed by atoms with Crippen LogP contribution in [0.3, 0.4) is 0 Å². The number of pyridine rings is 1. The molecule has 1 fully saturated rings. The molecule has 2 aliphatic heterocycles. The Bertz CT molecular complexity index is 819. The number of rotatable bonds is 5. The van der Waals surface area contributed by atoms with Crippen LogP contribution in [-0.2, 0) is 22.5 Å². The first kappa shape index (κ1) is 21.4. The second-order valence-electron chi connectivity index (χ2n) is 7.65. The number of ether oxygens (including phenoxy) is 2. The summed E-state index contributed by atoms with van der Waals surface area (Å²) >= 11 is 0. The van der Waals surface area contributed by atoms with E-state index in [0.29, 0.717) is 37.2 Å². The maximum atomic E-state index is 13.6. The fourth-order valence-corrected chi connectivity index (χ4v) is 4.42. The van der Waals surface area contributed by atoms with Gasteiger partial charge in [0.25, 0.3) is 11.5 Å². The van der Waals surface area contributed by atoms with Crippen molar-refractivity contribution < 1.29 is 19.1 Å². The Kier molecular flexibility index (Phi) is 6.95. The van der Waals surface area contributed by atoms with Crippen molar-refractivity contribution in [3.05, 3.63) is 27.7 Å². The van der Waals surface area contributed by atoms with Crippen LogP contribution in [0.4, 0.5) is 0 Å². The average molecular weight is 405 g/mol. The van der Waals surface area contributed by atoms with Crippen LogP contribution >= 0.6 is 0 Å². The van der Waals surface area contributed by atoms with Crippen molar-refractivity contribution in [1.82, 2.24) is 14.4 Å². The number of hydrogen-bond donors (Lipinski definition) is 0. The number of methoxy groups -OCH3 is 2. The zero-order valence-corrected chi connectivity index (χ0v) is 17.6. The van der Waals surface area contributed by atoms with Gasteiger partial charge in [-0.05, 0) is 32.2 Å². The summed E-state index contributed by atoms with van der Waals surface area (Å²) in [6.07, 6.45) is 3.92. The molecular weight excluding hydrogens is 374 g/mol. The zero-order valence-electron chi connectivity index (χ0n) is 17.6. The third-order valence-electron chi connectivity index (χ3n) is 5.90. The highest BCUT2D eigenvalue weighted by atomic mass is 16.5. The Balaban J connectivity index is 2.03. The van der Waals surface area contributed by atoms with Crippen molar-refractivity contribution in [1.29, 1.82) is 0 Å². The maximum absolute atomic E-state index is 13.6. The third kappa shape index (κ3) is 4.32. The summed E-state index contributed by atoms with van der Waals surface area (Å²) in [4.78, 5) is 42.5. The molecule has 0 bridgehead atoms. The molecule has 1 amide bonds. The van der Waals surface area contributed by atoms with Gasteiger partial charge in [0.15, 0.2) is 0 Å². The van der Waals surface area contributed by atoms with Gasteiger partial charge in [0.1, 0.15) is 17.4 Å². The first-order chi connectivity index (χ1) is 14.0. The lowest BCUT2D eigenvalue weighted by Crippen LogP contribution is -2.49. The summed E-state index contributed by atoms with van der Waals surface area (Å²) in [5, 5.41) is 0. The van der Waals surface area contributed by atoms with E-state index in [0.717, 1.165) is 38.9 Å².